The Morgan fingerprint density at radius 1 is 0.970 bits per heavy atom. The molecule has 2 aromatic rings. The van der Waals surface area contributed by atoms with Crippen LogP contribution in [-0.2, 0) is 27.2 Å². The predicted molar refractivity (Wildman–Crippen MR) is 123 cm³/mol. The number of aryl methyl sites for hydroxylation is 1. The molecule has 0 radical (unpaired) electrons. The van der Waals surface area contributed by atoms with Crippen molar-refractivity contribution >= 4 is 40.3 Å². The van der Waals surface area contributed by atoms with Crippen LogP contribution in [0.5, 0.6) is 17.2 Å². The van der Waals surface area contributed by atoms with Crippen LogP contribution in [-0.4, -0.2) is 52.4 Å². The highest BCUT2D eigenvalue weighted by Gasteiger charge is 2.28. The molecule has 3 rings (SSSR count). The highest BCUT2D eigenvalue weighted by Crippen LogP contribution is 2.39. The number of nitrogens with zero attached hydrogens (tertiary/aromatic N) is 1. The van der Waals surface area contributed by atoms with Gasteiger partial charge in [0.25, 0.3) is 0 Å². The van der Waals surface area contributed by atoms with Crippen LogP contribution in [0.4, 0.5) is 5.00 Å². The number of hydrazone groups is 1. The van der Waals surface area contributed by atoms with Gasteiger partial charge in [0.1, 0.15) is 5.00 Å². The van der Waals surface area contributed by atoms with E-state index in [1.165, 1.54) is 46.0 Å². The molecule has 11 heteroatoms. The minimum absolute atomic E-state index is 0.308. The Kier molecular flexibility index (Phi) is 7.88. The van der Waals surface area contributed by atoms with Crippen LogP contribution in [0.25, 0.3) is 0 Å². The average molecular weight is 476 g/mol. The summed E-state index contributed by atoms with van der Waals surface area (Å²) in [6.45, 7) is 0. The van der Waals surface area contributed by atoms with Crippen LogP contribution < -0.4 is 25.0 Å². The van der Waals surface area contributed by atoms with Gasteiger partial charge in [0.15, 0.2) is 11.5 Å². The van der Waals surface area contributed by atoms with E-state index in [2.05, 4.69) is 15.8 Å². The molecular weight excluding hydrogens is 450 g/mol. The Morgan fingerprint density at radius 2 is 1.64 bits per heavy atom. The van der Waals surface area contributed by atoms with Gasteiger partial charge < -0.3 is 24.3 Å². The third-order valence-corrected chi connectivity index (χ3v) is 6.27. The molecule has 1 aliphatic rings. The molecule has 1 heterocycles. The zero-order valence-corrected chi connectivity index (χ0v) is 19.6. The van der Waals surface area contributed by atoms with Gasteiger partial charge in [-0.15, -0.1) is 11.3 Å². The van der Waals surface area contributed by atoms with Crippen molar-refractivity contribution in [2.45, 2.75) is 25.7 Å². The summed E-state index contributed by atoms with van der Waals surface area (Å²) in [5.74, 6) is -1.22. The van der Waals surface area contributed by atoms with E-state index in [4.69, 9.17) is 18.9 Å². The molecule has 0 fully saturated rings. The molecule has 0 saturated carbocycles. The summed E-state index contributed by atoms with van der Waals surface area (Å²) < 4.78 is 20.7. The quantitative estimate of drug-likeness (QED) is 0.273. The Hall–Kier alpha value is -3.60. The number of esters is 1. The van der Waals surface area contributed by atoms with Crippen molar-refractivity contribution in [3.63, 3.8) is 0 Å². The van der Waals surface area contributed by atoms with E-state index in [1.807, 2.05) is 0 Å². The van der Waals surface area contributed by atoms with Gasteiger partial charge in [-0.2, -0.15) is 5.10 Å². The molecule has 0 spiro atoms. The monoisotopic (exact) mass is 475 g/mol. The molecule has 0 saturated heterocycles. The zero-order chi connectivity index (χ0) is 24.0. The first-order chi connectivity index (χ1) is 15.9. The maximum atomic E-state index is 12.4. The SMILES string of the molecule is COC(=O)c1c(NC(=O)C(=O)NN=Cc2cc(OC)c(OC)c(OC)c2)sc2c1CCCC2. The summed E-state index contributed by atoms with van der Waals surface area (Å²) in [4.78, 5) is 38.0. The lowest BCUT2D eigenvalue weighted by atomic mass is 9.95. The Bertz CT molecular complexity index is 1070. The standard InChI is InChI=1S/C22H25N3O7S/c1-29-14-9-12(10-15(30-2)18(14)31-3)11-23-25-20(27)19(26)24-21-17(22(28)32-4)13-7-5-6-8-16(13)33-21/h9-11H,5-8H2,1-4H3,(H,24,26)(H,25,27). The van der Waals surface area contributed by atoms with E-state index in [-0.39, 0.29) is 0 Å². The molecule has 10 nitrogen and oxygen atoms in total. The van der Waals surface area contributed by atoms with Crippen LogP contribution in [0.3, 0.4) is 0 Å². The molecule has 1 aliphatic carbocycles. The number of thiophene rings is 1. The number of benzene rings is 1. The molecule has 33 heavy (non-hydrogen) atoms. The number of ether oxygens (including phenoxy) is 4. The number of hydrogen-bond acceptors (Lipinski definition) is 9. The highest BCUT2D eigenvalue weighted by molar-refractivity contribution is 7.17. The fourth-order valence-electron chi connectivity index (χ4n) is 3.52. The summed E-state index contributed by atoms with van der Waals surface area (Å²) in [7, 11) is 5.73. The lowest BCUT2D eigenvalue weighted by molar-refractivity contribution is -0.136. The Labute approximate surface area is 194 Å². The Morgan fingerprint density at radius 3 is 2.24 bits per heavy atom. The summed E-state index contributed by atoms with van der Waals surface area (Å²) in [5, 5.41) is 6.65. The molecular formula is C22H25N3O7S. The number of fused-ring (bicyclic) bond motifs is 1. The van der Waals surface area contributed by atoms with Crippen molar-refractivity contribution in [3.8, 4) is 17.2 Å². The third kappa shape index (κ3) is 5.25. The van der Waals surface area contributed by atoms with Gasteiger partial charge in [-0.25, -0.2) is 10.2 Å². The van der Waals surface area contributed by atoms with Gasteiger partial charge in [0, 0.05) is 10.4 Å². The number of anilines is 1. The smallest absolute Gasteiger partial charge is 0.341 e. The number of amides is 2. The number of methoxy groups -OCH3 is 4. The molecule has 0 bridgehead atoms. The fraction of sp³-hybridized carbons (Fsp3) is 0.364. The van der Waals surface area contributed by atoms with E-state index in [0.717, 1.165) is 36.1 Å². The van der Waals surface area contributed by atoms with Crippen molar-refractivity contribution in [1.29, 1.82) is 0 Å². The number of nitrogens with one attached hydrogen (secondary N) is 2. The first-order valence-corrected chi connectivity index (χ1v) is 10.9. The minimum atomic E-state index is -0.985. The molecule has 2 amide bonds. The van der Waals surface area contributed by atoms with Gasteiger partial charge in [-0.05, 0) is 43.4 Å². The molecule has 0 atom stereocenters. The second-order valence-electron chi connectivity index (χ2n) is 7.02. The van der Waals surface area contributed by atoms with Gasteiger partial charge in [0.05, 0.1) is 40.2 Å². The molecule has 0 aliphatic heterocycles. The Balaban J connectivity index is 1.71. The number of carbonyl (C=O) groups excluding carboxylic acids is 3. The number of carbonyl (C=O) groups is 3. The normalized spacial score (nSPS) is 12.6. The van der Waals surface area contributed by atoms with Crippen molar-refractivity contribution in [2.75, 3.05) is 33.8 Å². The van der Waals surface area contributed by atoms with E-state index < -0.39 is 17.8 Å². The van der Waals surface area contributed by atoms with Crippen LogP contribution >= 0.6 is 11.3 Å². The van der Waals surface area contributed by atoms with Crippen molar-refractivity contribution in [3.05, 3.63) is 33.7 Å². The number of hydrogen-bond donors (Lipinski definition) is 2. The van der Waals surface area contributed by atoms with Crippen LogP contribution in [0, 0.1) is 0 Å². The maximum Gasteiger partial charge on any atom is 0.341 e. The van der Waals surface area contributed by atoms with E-state index in [9.17, 15) is 14.4 Å². The molecule has 2 N–H and O–H groups in total. The highest BCUT2D eigenvalue weighted by atomic mass is 32.1. The largest absolute Gasteiger partial charge is 0.493 e. The number of rotatable bonds is 7. The van der Waals surface area contributed by atoms with Gasteiger partial charge in [-0.3, -0.25) is 9.59 Å². The average Bonchev–Trinajstić information content (AvgIpc) is 3.20. The molecule has 176 valence electrons. The fourth-order valence-corrected chi connectivity index (χ4v) is 4.80. The van der Waals surface area contributed by atoms with Gasteiger partial charge in [0.2, 0.25) is 5.75 Å². The zero-order valence-electron chi connectivity index (χ0n) is 18.8. The lowest BCUT2D eigenvalue weighted by Gasteiger charge is -2.12. The van der Waals surface area contributed by atoms with E-state index >= 15 is 0 Å². The van der Waals surface area contributed by atoms with Gasteiger partial charge in [-0.1, -0.05) is 0 Å². The molecule has 1 aromatic carbocycles. The van der Waals surface area contributed by atoms with Crippen molar-refractivity contribution in [1.82, 2.24) is 5.43 Å². The van der Waals surface area contributed by atoms with Gasteiger partial charge >= 0.3 is 17.8 Å². The first-order valence-electron chi connectivity index (χ1n) is 10.1. The second kappa shape index (κ2) is 10.8. The second-order valence-corrected chi connectivity index (χ2v) is 8.12. The van der Waals surface area contributed by atoms with Crippen LogP contribution in [0.1, 0.15) is 39.2 Å². The van der Waals surface area contributed by atoms with E-state index in [1.54, 1.807) is 12.1 Å². The summed E-state index contributed by atoms with van der Waals surface area (Å²) in [5.41, 5.74) is 3.92. The first kappa shape index (κ1) is 24.1. The minimum Gasteiger partial charge on any atom is -0.493 e. The topological polar surface area (TPSA) is 125 Å². The van der Waals surface area contributed by atoms with Crippen LogP contribution in [0.15, 0.2) is 17.2 Å². The van der Waals surface area contributed by atoms with Crippen molar-refractivity contribution < 1.29 is 33.3 Å². The maximum absolute atomic E-state index is 12.4. The molecule has 0 unspecified atom stereocenters. The third-order valence-electron chi connectivity index (χ3n) is 5.06. The van der Waals surface area contributed by atoms with E-state index in [0.29, 0.717) is 33.4 Å². The van der Waals surface area contributed by atoms with Crippen molar-refractivity contribution in [2.24, 2.45) is 5.10 Å². The predicted octanol–water partition coefficient (Wildman–Crippen LogP) is 2.53. The van der Waals surface area contributed by atoms with Crippen LogP contribution in [0.2, 0.25) is 0 Å². The molecule has 1 aromatic heterocycles. The summed E-state index contributed by atoms with van der Waals surface area (Å²) >= 11 is 1.29. The summed E-state index contributed by atoms with van der Waals surface area (Å²) in [6.07, 6.45) is 4.86. The summed E-state index contributed by atoms with van der Waals surface area (Å²) in [6, 6.07) is 3.27. The lowest BCUT2D eigenvalue weighted by Crippen LogP contribution is -2.32.